The van der Waals surface area contributed by atoms with Crippen LogP contribution in [0.2, 0.25) is 0 Å². The van der Waals surface area contributed by atoms with Gasteiger partial charge >= 0.3 is 13.8 Å². The van der Waals surface area contributed by atoms with E-state index < -0.39 is 19.9 Å². The van der Waals surface area contributed by atoms with Crippen molar-refractivity contribution >= 4 is 13.8 Å². The van der Waals surface area contributed by atoms with Crippen LogP contribution < -0.4 is 4.74 Å². The molecule has 0 amide bonds. The number of ether oxygens (including phenoxy) is 1. The SMILES string of the molecule is C=C(C)[C@@H]1CCC(C)=C[C@H]1c1c(O)cc(CCC)cc1OC(=O)C(CC)OP(=O)(O)OCc1ccccc1. The first-order chi connectivity index (χ1) is 18.0. The van der Waals surface area contributed by atoms with Crippen molar-refractivity contribution in [3.05, 3.63) is 83.0 Å². The summed E-state index contributed by atoms with van der Waals surface area (Å²) in [6.07, 6.45) is 4.18. The Hall–Kier alpha value is -2.70. The van der Waals surface area contributed by atoms with E-state index in [-0.39, 0.29) is 36.4 Å². The molecule has 1 aliphatic rings. The van der Waals surface area contributed by atoms with Gasteiger partial charge in [-0.1, -0.05) is 74.4 Å². The number of phenolic OH excluding ortho intramolecular Hbond substituents is 1. The van der Waals surface area contributed by atoms with Crippen LogP contribution in [0.25, 0.3) is 0 Å². The van der Waals surface area contributed by atoms with Crippen molar-refractivity contribution < 1.29 is 33.1 Å². The van der Waals surface area contributed by atoms with E-state index in [1.54, 1.807) is 43.3 Å². The molecule has 2 unspecified atom stereocenters. The van der Waals surface area contributed by atoms with Crippen molar-refractivity contribution in [2.45, 2.75) is 78.4 Å². The average Bonchev–Trinajstić information content (AvgIpc) is 2.86. The number of carbonyl (C=O) groups excluding carboxylic acids is 1. The molecule has 0 fully saturated rings. The number of carbonyl (C=O) groups is 1. The van der Waals surface area contributed by atoms with Crippen molar-refractivity contribution in [3.8, 4) is 11.5 Å². The predicted octanol–water partition coefficient (Wildman–Crippen LogP) is 7.38. The molecule has 7 nitrogen and oxygen atoms in total. The lowest BCUT2D eigenvalue weighted by Crippen LogP contribution is -2.28. The van der Waals surface area contributed by atoms with Gasteiger partial charge in [0.1, 0.15) is 11.5 Å². The van der Waals surface area contributed by atoms with Gasteiger partial charge in [0.05, 0.1) is 6.61 Å². The van der Waals surface area contributed by atoms with Gasteiger partial charge in [-0.05, 0) is 68.7 Å². The monoisotopic (exact) mass is 542 g/mol. The molecule has 206 valence electrons. The number of benzene rings is 2. The Morgan fingerprint density at radius 2 is 1.89 bits per heavy atom. The topological polar surface area (TPSA) is 102 Å². The Morgan fingerprint density at radius 1 is 1.18 bits per heavy atom. The molecule has 0 saturated carbocycles. The summed E-state index contributed by atoms with van der Waals surface area (Å²) < 4.78 is 28.8. The number of phenols is 1. The third-order valence-electron chi connectivity index (χ3n) is 6.77. The zero-order chi connectivity index (χ0) is 27.9. The second-order valence-electron chi connectivity index (χ2n) is 9.96. The molecule has 0 spiro atoms. The maximum absolute atomic E-state index is 13.2. The largest absolute Gasteiger partial charge is 0.507 e. The first-order valence-corrected chi connectivity index (χ1v) is 14.6. The highest BCUT2D eigenvalue weighted by Crippen LogP contribution is 2.48. The molecule has 2 aromatic rings. The Labute approximate surface area is 225 Å². The Balaban J connectivity index is 1.88. The van der Waals surface area contributed by atoms with Gasteiger partial charge in [-0.15, -0.1) is 0 Å². The third kappa shape index (κ3) is 7.90. The van der Waals surface area contributed by atoms with Gasteiger partial charge in [0.25, 0.3) is 0 Å². The average molecular weight is 543 g/mol. The van der Waals surface area contributed by atoms with Crippen LogP contribution in [-0.4, -0.2) is 22.1 Å². The van der Waals surface area contributed by atoms with E-state index >= 15 is 0 Å². The summed E-state index contributed by atoms with van der Waals surface area (Å²) in [6, 6.07) is 12.4. The molecule has 2 aromatic carbocycles. The fourth-order valence-corrected chi connectivity index (χ4v) is 5.74. The minimum Gasteiger partial charge on any atom is -0.507 e. The van der Waals surface area contributed by atoms with Crippen LogP contribution in [0.4, 0.5) is 0 Å². The maximum Gasteiger partial charge on any atom is 0.473 e. The second-order valence-corrected chi connectivity index (χ2v) is 11.4. The van der Waals surface area contributed by atoms with Gasteiger partial charge in [-0.3, -0.25) is 9.05 Å². The molecule has 3 rings (SSSR count). The molecule has 0 bridgehead atoms. The first kappa shape index (κ1) is 29.9. The van der Waals surface area contributed by atoms with Crippen LogP contribution in [0.15, 0.2) is 66.3 Å². The maximum atomic E-state index is 13.2. The molecule has 8 heteroatoms. The lowest BCUT2D eigenvalue weighted by atomic mass is 9.73. The number of allylic oxidation sites excluding steroid dienone is 3. The number of esters is 1. The fourth-order valence-electron chi connectivity index (χ4n) is 4.81. The van der Waals surface area contributed by atoms with Crippen LogP contribution in [0.1, 0.15) is 76.0 Å². The minimum absolute atomic E-state index is 0.0499. The first-order valence-electron chi connectivity index (χ1n) is 13.1. The van der Waals surface area contributed by atoms with Gasteiger partial charge in [-0.2, -0.15) is 0 Å². The summed E-state index contributed by atoms with van der Waals surface area (Å²) in [4.78, 5) is 23.5. The number of phosphoric ester groups is 1. The van der Waals surface area contributed by atoms with E-state index in [1.807, 2.05) is 26.8 Å². The van der Waals surface area contributed by atoms with Crippen LogP contribution in [0.3, 0.4) is 0 Å². The number of phosphoric acid groups is 1. The second kappa shape index (κ2) is 13.4. The van der Waals surface area contributed by atoms with Gasteiger partial charge < -0.3 is 14.7 Å². The van der Waals surface area contributed by atoms with Crippen LogP contribution in [-0.2, 0) is 31.4 Å². The number of aryl methyl sites for hydroxylation is 1. The van der Waals surface area contributed by atoms with Crippen LogP contribution in [0.5, 0.6) is 11.5 Å². The molecule has 1 aliphatic carbocycles. The summed E-state index contributed by atoms with van der Waals surface area (Å²) in [6.45, 7) is 11.7. The van der Waals surface area contributed by atoms with Crippen LogP contribution >= 0.6 is 7.82 Å². The summed E-state index contributed by atoms with van der Waals surface area (Å²) >= 11 is 0. The van der Waals surface area contributed by atoms with Crippen molar-refractivity contribution in [2.24, 2.45) is 5.92 Å². The van der Waals surface area contributed by atoms with E-state index in [2.05, 4.69) is 12.7 Å². The highest BCUT2D eigenvalue weighted by Gasteiger charge is 2.34. The molecule has 2 N–H and O–H groups in total. The number of hydrogen-bond acceptors (Lipinski definition) is 6. The molecule has 0 saturated heterocycles. The lowest BCUT2D eigenvalue weighted by molar-refractivity contribution is -0.143. The van der Waals surface area contributed by atoms with Gasteiger partial charge in [0.2, 0.25) is 0 Å². The summed E-state index contributed by atoms with van der Waals surface area (Å²) in [7, 11) is -4.56. The van der Waals surface area contributed by atoms with E-state index in [0.29, 0.717) is 17.5 Å². The molecule has 0 radical (unpaired) electrons. The smallest absolute Gasteiger partial charge is 0.473 e. The lowest BCUT2D eigenvalue weighted by Gasteiger charge is -2.32. The van der Waals surface area contributed by atoms with Crippen molar-refractivity contribution in [3.63, 3.8) is 0 Å². The third-order valence-corrected chi connectivity index (χ3v) is 7.75. The molecule has 0 heterocycles. The van der Waals surface area contributed by atoms with E-state index in [1.165, 1.54) is 5.57 Å². The Kier molecular flexibility index (Phi) is 10.5. The van der Waals surface area contributed by atoms with Crippen molar-refractivity contribution in [1.29, 1.82) is 0 Å². The molecule has 38 heavy (non-hydrogen) atoms. The quantitative estimate of drug-likeness (QED) is 0.125. The number of aromatic hydroxyl groups is 1. The fraction of sp³-hybridized carbons (Fsp3) is 0.433. The highest BCUT2D eigenvalue weighted by molar-refractivity contribution is 7.47. The summed E-state index contributed by atoms with van der Waals surface area (Å²) in [5.74, 6) is -0.711. The zero-order valence-electron chi connectivity index (χ0n) is 22.7. The molecular weight excluding hydrogens is 503 g/mol. The standard InChI is InChI=1S/C30H39O7P/c1-6-11-23-17-26(31)29(25-16-21(5)14-15-24(25)20(3)4)28(18-23)36-30(32)27(7-2)37-38(33,34)35-19-22-12-9-8-10-13-22/h8-10,12-13,16-18,24-25,27,31H,3,6-7,11,14-15,19H2,1-2,4-5H3,(H,33,34)/t24-,25+,27?/m0/s1. The Bertz CT molecular complexity index is 1200. The normalized spacial score (nSPS) is 19.8. The highest BCUT2D eigenvalue weighted by atomic mass is 31.2. The molecule has 0 aromatic heterocycles. The molecule has 4 atom stereocenters. The van der Waals surface area contributed by atoms with Crippen molar-refractivity contribution in [2.75, 3.05) is 0 Å². The van der Waals surface area contributed by atoms with Gasteiger partial charge in [0, 0.05) is 11.5 Å². The number of hydrogen-bond donors (Lipinski definition) is 2. The predicted molar refractivity (Wildman–Crippen MR) is 148 cm³/mol. The van der Waals surface area contributed by atoms with Gasteiger partial charge in [-0.25, -0.2) is 9.36 Å². The minimum atomic E-state index is -4.56. The van der Waals surface area contributed by atoms with Crippen LogP contribution in [0, 0.1) is 5.92 Å². The molecule has 0 aliphatic heterocycles. The summed E-state index contributed by atoms with van der Waals surface area (Å²) in [5, 5.41) is 11.1. The van der Waals surface area contributed by atoms with E-state index in [4.69, 9.17) is 13.8 Å². The van der Waals surface area contributed by atoms with Crippen molar-refractivity contribution in [1.82, 2.24) is 0 Å². The summed E-state index contributed by atoms with van der Waals surface area (Å²) in [5.41, 5.74) is 4.20. The molecular formula is C30H39O7P. The number of rotatable bonds is 12. The van der Waals surface area contributed by atoms with Gasteiger partial charge in [0.15, 0.2) is 6.10 Å². The zero-order valence-corrected chi connectivity index (χ0v) is 23.6. The van der Waals surface area contributed by atoms with E-state index in [9.17, 15) is 19.4 Å². The Morgan fingerprint density at radius 3 is 2.53 bits per heavy atom. The van der Waals surface area contributed by atoms with E-state index in [0.717, 1.165) is 30.4 Å².